The summed E-state index contributed by atoms with van der Waals surface area (Å²) in [5.41, 5.74) is 12.0. The minimum absolute atomic E-state index is 0. The average Bonchev–Trinajstić information content (AvgIpc) is 3.15. The fourth-order valence-corrected chi connectivity index (χ4v) is 7.41. The van der Waals surface area contributed by atoms with Gasteiger partial charge in [-0.1, -0.05) is 0 Å². The number of halogens is 2. The van der Waals surface area contributed by atoms with Crippen LogP contribution in [0.3, 0.4) is 0 Å². The first-order valence-corrected chi connectivity index (χ1v) is 13.9. The van der Waals surface area contributed by atoms with E-state index >= 15 is 0 Å². The van der Waals surface area contributed by atoms with Gasteiger partial charge in [0, 0.05) is 0 Å². The largest absolute Gasteiger partial charge is 1.00 e. The predicted molar refractivity (Wildman–Crippen MR) is 144 cm³/mol. The fraction of sp³-hybridized carbons (Fsp3) is 0.333. The van der Waals surface area contributed by atoms with Gasteiger partial charge in [-0.3, -0.25) is 0 Å². The first kappa shape index (κ1) is 30.2. The van der Waals surface area contributed by atoms with Crippen LogP contribution in [0.4, 0.5) is 11.4 Å². The van der Waals surface area contributed by atoms with Gasteiger partial charge in [0.05, 0.1) is 0 Å². The Morgan fingerprint density at radius 1 is 0.750 bits per heavy atom. The zero-order valence-corrected chi connectivity index (χ0v) is 25.5. The van der Waals surface area contributed by atoms with E-state index in [4.69, 9.17) is 4.74 Å². The molecule has 1 aliphatic rings. The number of aryl methyl sites for hydroxylation is 6. The van der Waals surface area contributed by atoms with E-state index in [0.29, 0.717) is 6.61 Å². The van der Waals surface area contributed by atoms with Crippen LogP contribution in [0.1, 0.15) is 45.9 Å². The monoisotopic (exact) mass is 612 g/mol. The molecular formula is C30H36Cl2N2ORu. The van der Waals surface area contributed by atoms with Gasteiger partial charge < -0.3 is 24.8 Å². The maximum absolute atomic E-state index is 5.92. The number of hydrogen-bond donors (Lipinski definition) is 0. The Hall–Kier alpha value is -2.00. The molecule has 0 aliphatic carbocycles. The van der Waals surface area contributed by atoms with Crippen molar-refractivity contribution in [3.8, 4) is 5.75 Å². The topological polar surface area (TPSA) is 15.7 Å². The second-order valence-electron chi connectivity index (χ2n) is 9.23. The van der Waals surface area contributed by atoms with E-state index in [0.717, 1.165) is 18.8 Å². The molecule has 1 fully saturated rings. The molecule has 1 aliphatic heterocycles. The van der Waals surface area contributed by atoms with Crippen LogP contribution in [-0.2, 0) is 16.2 Å². The Bertz CT molecular complexity index is 1180. The van der Waals surface area contributed by atoms with Crippen LogP contribution < -0.4 is 39.4 Å². The Morgan fingerprint density at radius 2 is 1.19 bits per heavy atom. The van der Waals surface area contributed by atoms with Crippen molar-refractivity contribution >= 4 is 20.3 Å². The first-order valence-electron chi connectivity index (χ1n) is 12.0. The zero-order chi connectivity index (χ0) is 24.4. The molecule has 3 aromatic carbocycles. The number of nitrogens with zero attached hydrogens (tertiary/aromatic N) is 2. The van der Waals surface area contributed by atoms with Crippen LogP contribution in [0.15, 0.2) is 48.5 Å². The summed E-state index contributed by atoms with van der Waals surface area (Å²) in [6, 6.07) is 17.7. The van der Waals surface area contributed by atoms with Gasteiger partial charge in [-0.25, -0.2) is 0 Å². The van der Waals surface area contributed by atoms with Crippen molar-refractivity contribution in [2.45, 2.75) is 48.5 Å². The van der Waals surface area contributed by atoms with Gasteiger partial charge in [-0.05, 0) is 0 Å². The standard InChI is InChI=1S/C21H26N2.C9H10O.2ClH.Ru/c1-14-9-16(3)20(17(4)10-14)22-7-8-23(13-22)21-18(5)11-15(2)12-19(21)6;1-3-10-9-7-5-4-6-8(9)2;;;/h9-12H,7-8H2,1-6H3;2,4-7H,3H2,1H3;2*1H;/q;;;;+2/p-2. The third kappa shape index (κ3) is 6.28. The summed E-state index contributed by atoms with van der Waals surface area (Å²) >= 11 is -0.192. The molecule has 0 unspecified atom stereocenters. The fourth-order valence-electron chi connectivity index (χ4n) is 5.19. The summed E-state index contributed by atoms with van der Waals surface area (Å²) in [4.78, 5) is 5.17. The van der Waals surface area contributed by atoms with E-state index in [1.807, 2.05) is 6.92 Å². The smallest absolute Gasteiger partial charge is 1.00 e. The molecule has 3 aromatic rings. The molecule has 0 N–H and O–H groups in total. The molecule has 0 amide bonds. The van der Waals surface area contributed by atoms with Gasteiger partial charge in [-0.15, -0.1) is 0 Å². The molecule has 0 atom stereocenters. The van der Waals surface area contributed by atoms with Gasteiger partial charge in [0.2, 0.25) is 0 Å². The molecule has 36 heavy (non-hydrogen) atoms. The predicted octanol–water partition coefficient (Wildman–Crippen LogP) is 0.291. The normalized spacial score (nSPS) is 12.7. The number of anilines is 2. The summed E-state index contributed by atoms with van der Waals surface area (Å²) < 4.78 is 9.76. The molecule has 0 bridgehead atoms. The zero-order valence-electron chi connectivity index (χ0n) is 22.2. The quantitative estimate of drug-likeness (QED) is 0.386. The van der Waals surface area contributed by atoms with Crippen LogP contribution in [0.25, 0.3) is 0 Å². The van der Waals surface area contributed by atoms with Crippen LogP contribution in [0.2, 0.25) is 0 Å². The molecule has 194 valence electrons. The Morgan fingerprint density at radius 3 is 1.64 bits per heavy atom. The Labute approximate surface area is 236 Å². The molecule has 4 rings (SSSR count). The van der Waals surface area contributed by atoms with Gasteiger partial charge in [0.25, 0.3) is 0 Å². The maximum Gasteiger partial charge on any atom is -1.00 e. The van der Waals surface area contributed by atoms with Crippen LogP contribution >= 0.6 is 0 Å². The van der Waals surface area contributed by atoms with Crippen molar-refractivity contribution < 1.29 is 45.8 Å². The second-order valence-corrected chi connectivity index (χ2v) is 11.0. The third-order valence-electron chi connectivity index (χ3n) is 6.26. The SMILES string of the molecule is CCOc1ccccc1[CH]=[Ru+2]=[C]1N(c2c(C)cc(C)cc2C)CCN1c1c(C)cc(C)cc1C.[Cl-].[Cl-]. The Balaban J connectivity index is 0.00000228. The summed E-state index contributed by atoms with van der Waals surface area (Å²) in [6.07, 6.45) is 0. The van der Waals surface area contributed by atoms with Crippen molar-refractivity contribution in [2.24, 2.45) is 0 Å². The number of hydrogen-bond acceptors (Lipinski definition) is 3. The number of ether oxygens (including phenoxy) is 1. The number of benzene rings is 3. The van der Waals surface area contributed by atoms with Crippen LogP contribution in [0, 0.1) is 41.5 Å². The molecule has 1 heterocycles. The van der Waals surface area contributed by atoms with Gasteiger partial charge in [0.15, 0.2) is 0 Å². The van der Waals surface area contributed by atoms with Crippen LogP contribution in [0.5, 0.6) is 5.75 Å². The first-order chi connectivity index (χ1) is 16.3. The average molecular weight is 613 g/mol. The number of rotatable bonds is 5. The van der Waals surface area contributed by atoms with Gasteiger partial charge in [-0.2, -0.15) is 0 Å². The molecule has 1 saturated heterocycles. The summed E-state index contributed by atoms with van der Waals surface area (Å²) in [6.45, 7) is 18.1. The van der Waals surface area contributed by atoms with E-state index < -0.39 is 0 Å². The van der Waals surface area contributed by atoms with E-state index in [1.54, 1.807) is 0 Å². The number of para-hydroxylation sites is 1. The molecule has 0 radical (unpaired) electrons. The summed E-state index contributed by atoms with van der Waals surface area (Å²) in [5.74, 6) is 0.974. The molecule has 3 nitrogen and oxygen atoms in total. The summed E-state index contributed by atoms with van der Waals surface area (Å²) in [7, 11) is 0. The van der Waals surface area contributed by atoms with E-state index in [1.165, 1.54) is 54.7 Å². The van der Waals surface area contributed by atoms with Crippen molar-refractivity contribution in [1.82, 2.24) is 0 Å². The summed E-state index contributed by atoms with van der Waals surface area (Å²) in [5, 5.41) is 0. The van der Waals surface area contributed by atoms with Crippen LogP contribution in [-0.4, -0.2) is 28.7 Å². The minimum atomic E-state index is -0.192. The minimum Gasteiger partial charge on any atom is -1.00 e. The van der Waals surface area contributed by atoms with Crippen molar-refractivity contribution in [3.05, 3.63) is 87.5 Å². The maximum atomic E-state index is 5.92. The van der Waals surface area contributed by atoms with Crippen molar-refractivity contribution in [1.29, 1.82) is 0 Å². The van der Waals surface area contributed by atoms with Gasteiger partial charge in [0.1, 0.15) is 0 Å². The van der Waals surface area contributed by atoms with Gasteiger partial charge >= 0.3 is 212 Å². The van der Waals surface area contributed by atoms with E-state index in [-0.39, 0.29) is 41.0 Å². The van der Waals surface area contributed by atoms with Crippen molar-refractivity contribution in [3.63, 3.8) is 0 Å². The molecule has 0 spiro atoms. The second kappa shape index (κ2) is 13.0. The van der Waals surface area contributed by atoms with Crippen molar-refractivity contribution in [2.75, 3.05) is 29.5 Å². The van der Waals surface area contributed by atoms with E-state index in [2.05, 4.69) is 104 Å². The van der Waals surface area contributed by atoms with E-state index in [9.17, 15) is 0 Å². The molecule has 0 saturated carbocycles. The molecule has 6 heteroatoms. The Kier molecular flexibility index (Phi) is 10.9. The molecule has 0 aromatic heterocycles. The molecular weight excluding hydrogens is 576 g/mol. The third-order valence-corrected chi connectivity index (χ3v) is 8.44.